The largest absolute Gasteiger partial charge is 0.444 e. The van der Waals surface area contributed by atoms with Gasteiger partial charge in [0.1, 0.15) is 12.1 Å². The molecule has 0 radical (unpaired) electrons. The van der Waals surface area contributed by atoms with Gasteiger partial charge in [-0.2, -0.15) is 5.10 Å². The Bertz CT molecular complexity index is 883. The molecule has 0 aliphatic rings. The smallest absolute Gasteiger partial charge is 0.412 e. The van der Waals surface area contributed by atoms with E-state index in [1.807, 2.05) is 19.9 Å². The third kappa shape index (κ3) is 6.42. The van der Waals surface area contributed by atoms with Gasteiger partial charge in [-0.1, -0.05) is 6.07 Å². The zero-order valence-corrected chi connectivity index (χ0v) is 16.6. The molecule has 0 atom stereocenters. The molecule has 0 aliphatic heterocycles. The van der Waals surface area contributed by atoms with Gasteiger partial charge in [-0.05, 0) is 58.9 Å². The zero-order chi connectivity index (χ0) is 20.9. The number of nitrogens with one attached hydrogen (secondary N) is 3. The molecule has 0 fully saturated rings. The molecular weight excluding hydrogens is 362 g/mol. The van der Waals surface area contributed by atoms with E-state index in [-0.39, 0.29) is 12.1 Å². The number of amides is 3. The molecule has 0 spiro atoms. The summed E-state index contributed by atoms with van der Waals surface area (Å²) in [6.45, 7) is 8.93. The van der Waals surface area contributed by atoms with Gasteiger partial charge in [-0.3, -0.25) is 30.4 Å². The lowest BCUT2D eigenvalue weighted by Crippen LogP contribution is -2.43. The summed E-state index contributed by atoms with van der Waals surface area (Å²) in [5.74, 6) is -0.933. The summed E-state index contributed by atoms with van der Waals surface area (Å²) in [5, 5.41) is 6.75. The molecule has 0 saturated heterocycles. The minimum Gasteiger partial charge on any atom is -0.444 e. The highest BCUT2D eigenvalue weighted by Crippen LogP contribution is 2.13. The number of hydrogen-bond acceptors (Lipinski definition) is 5. The van der Waals surface area contributed by atoms with Crippen molar-refractivity contribution in [2.75, 3.05) is 5.32 Å². The van der Waals surface area contributed by atoms with Crippen LogP contribution in [0, 0.1) is 13.8 Å². The van der Waals surface area contributed by atoms with E-state index in [0.717, 1.165) is 11.4 Å². The van der Waals surface area contributed by atoms with E-state index in [1.165, 1.54) is 6.07 Å². The van der Waals surface area contributed by atoms with Crippen LogP contribution in [0.4, 0.5) is 10.5 Å². The Morgan fingerprint density at radius 1 is 1.11 bits per heavy atom. The topological polar surface area (TPSA) is 114 Å². The highest BCUT2D eigenvalue weighted by atomic mass is 16.6. The van der Waals surface area contributed by atoms with Crippen LogP contribution >= 0.6 is 0 Å². The summed E-state index contributed by atoms with van der Waals surface area (Å²) >= 11 is 0. The van der Waals surface area contributed by atoms with Crippen molar-refractivity contribution in [3.63, 3.8) is 0 Å². The Balaban J connectivity index is 1.91. The SMILES string of the molecule is Cc1cc(C)n(CC(=O)NNC(=O)c2cccc(NC(=O)OC(C)(C)C)c2)n1. The van der Waals surface area contributed by atoms with Crippen LogP contribution in [0.2, 0.25) is 0 Å². The second kappa shape index (κ2) is 8.55. The Labute approximate surface area is 163 Å². The van der Waals surface area contributed by atoms with Crippen molar-refractivity contribution in [3.8, 4) is 0 Å². The maximum absolute atomic E-state index is 12.2. The van der Waals surface area contributed by atoms with Crippen molar-refractivity contribution in [2.24, 2.45) is 0 Å². The molecule has 0 saturated carbocycles. The molecule has 3 N–H and O–H groups in total. The maximum Gasteiger partial charge on any atom is 0.412 e. The number of ether oxygens (including phenoxy) is 1. The number of rotatable bonds is 4. The van der Waals surface area contributed by atoms with E-state index >= 15 is 0 Å². The van der Waals surface area contributed by atoms with E-state index in [9.17, 15) is 14.4 Å². The normalized spacial score (nSPS) is 10.9. The first-order valence-electron chi connectivity index (χ1n) is 8.74. The zero-order valence-electron chi connectivity index (χ0n) is 16.6. The first-order valence-corrected chi connectivity index (χ1v) is 8.74. The van der Waals surface area contributed by atoms with Gasteiger partial charge in [-0.25, -0.2) is 4.79 Å². The molecule has 1 aromatic heterocycles. The number of hydrogen-bond donors (Lipinski definition) is 3. The predicted octanol–water partition coefficient (Wildman–Crippen LogP) is 2.31. The van der Waals surface area contributed by atoms with Crippen LogP contribution in [0.1, 0.15) is 42.5 Å². The third-order valence-corrected chi connectivity index (χ3v) is 3.48. The highest BCUT2D eigenvalue weighted by molar-refractivity contribution is 5.97. The Morgan fingerprint density at radius 2 is 1.82 bits per heavy atom. The van der Waals surface area contributed by atoms with Crippen LogP contribution in [0.25, 0.3) is 0 Å². The number of benzene rings is 1. The van der Waals surface area contributed by atoms with Crippen molar-refractivity contribution in [2.45, 2.75) is 46.8 Å². The van der Waals surface area contributed by atoms with Gasteiger partial charge < -0.3 is 4.74 Å². The molecule has 0 unspecified atom stereocenters. The minimum atomic E-state index is -0.630. The molecule has 2 aromatic rings. The van der Waals surface area contributed by atoms with Gasteiger partial charge in [0.15, 0.2) is 0 Å². The molecular formula is C19H25N5O4. The average Bonchev–Trinajstić information content (AvgIpc) is 2.88. The first-order chi connectivity index (χ1) is 13.0. The van der Waals surface area contributed by atoms with Crippen molar-refractivity contribution in [1.82, 2.24) is 20.6 Å². The van der Waals surface area contributed by atoms with E-state index in [0.29, 0.717) is 5.69 Å². The van der Waals surface area contributed by atoms with E-state index in [1.54, 1.807) is 43.7 Å². The minimum absolute atomic E-state index is 0.0137. The van der Waals surface area contributed by atoms with Crippen molar-refractivity contribution >= 4 is 23.6 Å². The summed E-state index contributed by atoms with van der Waals surface area (Å²) in [6, 6.07) is 8.13. The van der Waals surface area contributed by atoms with Gasteiger partial charge in [0.2, 0.25) is 0 Å². The average molecular weight is 387 g/mol. The van der Waals surface area contributed by atoms with Crippen LogP contribution in [0.15, 0.2) is 30.3 Å². The summed E-state index contributed by atoms with van der Waals surface area (Å²) in [5.41, 5.74) is 6.38. The fourth-order valence-electron chi connectivity index (χ4n) is 2.37. The fraction of sp³-hybridized carbons (Fsp3) is 0.368. The lowest BCUT2D eigenvalue weighted by Gasteiger charge is -2.19. The quantitative estimate of drug-likeness (QED) is 0.697. The highest BCUT2D eigenvalue weighted by Gasteiger charge is 2.17. The number of hydrazine groups is 1. The molecule has 28 heavy (non-hydrogen) atoms. The molecule has 0 bridgehead atoms. The van der Waals surface area contributed by atoms with Gasteiger partial charge in [0.05, 0.1) is 5.69 Å². The van der Waals surface area contributed by atoms with Crippen molar-refractivity contribution < 1.29 is 19.1 Å². The number of aromatic nitrogens is 2. The molecule has 0 aliphatic carbocycles. The number of nitrogens with zero attached hydrogens (tertiary/aromatic N) is 2. The third-order valence-electron chi connectivity index (χ3n) is 3.48. The molecule has 2 rings (SSSR count). The second-order valence-electron chi connectivity index (χ2n) is 7.29. The summed E-state index contributed by atoms with van der Waals surface area (Å²) in [4.78, 5) is 36.1. The molecule has 3 amide bonds. The monoisotopic (exact) mass is 387 g/mol. The molecule has 1 heterocycles. The van der Waals surface area contributed by atoms with Crippen molar-refractivity contribution in [1.29, 1.82) is 0 Å². The lowest BCUT2D eigenvalue weighted by molar-refractivity contribution is -0.122. The van der Waals surface area contributed by atoms with Crippen LogP contribution in [-0.4, -0.2) is 33.3 Å². The molecule has 9 heteroatoms. The van der Waals surface area contributed by atoms with Gasteiger partial charge in [-0.15, -0.1) is 0 Å². The lowest BCUT2D eigenvalue weighted by atomic mass is 10.2. The second-order valence-corrected chi connectivity index (χ2v) is 7.29. The molecule has 9 nitrogen and oxygen atoms in total. The first kappa shape index (κ1) is 20.9. The Kier molecular flexibility index (Phi) is 6.40. The van der Waals surface area contributed by atoms with E-state index in [4.69, 9.17) is 4.74 Å². The van der Waals surface area contributed by atoms with E-state index in [2.05, 4.69) is 21.3 Å². The maximum atomic E-state index is 12.2. The Morgan fingerprint density at radius 3 is 2.43 bits per heavy atom. The summed E-state index contributed by atoms with van der Waals surface area (Å²) < 4.78 is 6.72. The summed E-state index contributed by atoms with van der Waals surface area (Å²) in [6.07, 6.45) is -0.622. The molecule has 1 aromatic carbocycles. The van der Waals surface area contributed by atoms with Crippen LogP contribution in [0.3, 0.4) is 0 Å². The van der Waals surface area contributed by atoms with Gasteiger partial charge >= 0.3 is 6.09 Å². The number of aryl methyl sites for hydroxylation is 2. The Hall–Kier alpha value is -3.36. The van der Waals surface area contributed by atoms with Gasteiger partial charge in [0.25, 0.3) is 11.8 Å². The predicted molar refractivity (Wildman–Crippen MR) is 104 cm³/mol. The number of carbonyl (C=O) groups is 3. The van der Waals surface area contributed by atoms with Gasteiger partial charge in [0, 0.05) is 16.9 Å². The standard InChI is InChI=1S/C19H25N5O4/c1-12-9-13(2)24(23-12)11-16(25)21-22-17(26)14-7-6-8-15(10-14)20-18(27)28-19(3,4)5/h6-10H,11H2,1-5H3,(H,20,27)(H,21,25)(H,22,26). The van der Waals surface area contributed by atoms with Crippen LogP contribution in [0.5, 0.6) is 0 Å². The van der Waals surface area contributed by atoms with E-state index < -0.39 is 23.5 Å². The fourth-order valence-corrected chi connectivity index (χ4v) is 2.37. The summed E-state index contributed by atoms with van der Waals surface area (Å²) in [7, 11) is 0. The van der Waals surface area contributed by atoms with Crippen LogP contribution in [-0.2, 0) is 16.1 Å². The van der Waals surface area contributed by atoms with Crippen LogP contribution < -0.4 is 16.2 Å². The molecule has 150 valence electrons. The van der Waals surface area contributed by atoms with Crippen molar-refractivity contribution in [3.05, 3.63) is 47.3 Å². The number of carbonyl (C=O) groups excluding carboxylic acids is 3. The number of anilines is 1.